The van der Waals surface area contributed by atoms with Gasteiger partial charge in [0.25, 0.3) is 5.91 Å². The summed E-state index contributed by atoms with van der Waals surface area (Å²) in [4.78, 5) is 73.0. The molecule has 1 unspecified atom stereocenters. The molecule has 0 aliphatic heterocycles. The first-order valence-electron chi connectivity index (χ1n) is 21.3. The second-order valence-corrected chi connectivity index (χ2v) is 17.3. The van der Waals surface area contributed by atoms with E-state index in [0.717, 1.165) is 27.8 Å². The van der Waals surface area contributed by atoms with Gasteiger partial charge in [0.15, 0.2) is 6.10 Å². The lowest BCUT2D eigenvalue weighted by Gasteiger charge is -2.36. The summed E-state index contributed by atoms with van der Waals surface area (Å²) in [6.07, 6.45) is 1.56. The van der Waals surface area contributed by atoms with Crippen LogP contribution in [0.2, 0.25) is 0 Å². The van der Waals surface area contributed by atoms with Crippen LogP contribution in [0.1, 0.15) is 105 Å². The molecule has 12 nitrogen and oxygen atoms in total. The highest BCUT2D eigenvalue weighted by molar-refractivity contribution is 7.09. The molecule has 0 radical (unpaired) electrons. The van der Waals surface area contributed by atoms with Crippen LogP contribution in [0.5, 0.6) is 0 Å². The van der Waals surface area contributed by atoms with Crippen LogP contribution in [-0.4, -0.2) is 78.1 Å². The number of aromatic nitrogens is 1. The van der Waals surface area contributed by atoms with Crippen molar-refractivity contribution >= 4 is 41.2 Å². The van der Waals surface area contributed by atoms with E-state index in [4.69, 9.17) is 14.2 Å². The summed E-state index contributed by atoms with van der Waals surface area (Å²) in [6.45, 7) is 14.7. The Labute approximate surface area is 369 Å². The average Bonchev–Trinajstić information content (AvgIpc) is 3.88. The number of thiazole rings is 1. The van der Waals surface area contributed by atoms with Crippen LogP contribution in [0.25, 0.3) is 11.1 Å². The Morgan fingerprint density at radius 1 is 0.871 bits per heavy atom. The van der Waals surface area contributed by atoms with Crippen LogP contribution in [0.15, 0.2) is 96.9 Å². The van der Waals surface area contributed by atoms with Gasteiger partial charge in [0, 0.05) is 43.8 Å². The predicted octanol–water partition coefficient (Wildman–Crippen LogP) is 8.67. The molecule has 1 aliphatic carbocycles. The van der Waals surface area contributed by atoms with E-state index in [1.807, 2.05) is 82.3 Å². The molecule has 0 saturated heterocycles. The van der Waals surface area contributed by atoms with Crippen molar-refractivity contribution in [3.63, 3.8) is 0 Å². The second-order valence-electron chi connectivity index (χ2n) is 16.4. The number of hydrogen-bond acceptors (Lipinski definition) is 10. The van der Waals surface area contributed by atoms with Gasteiger partial charge in [-0.05, 0) is 52.5 Å². The van der Waals surface area contributed by atoms with E-state index in [9.17, 15) is 24.0 Å². The van der Waals surface area contributed by atoms with E-state index in [-0.39, 0.29) is 55.0 Å². The van der Waals surface area contributed by atoms with Gasteiger partial charge in [0.05, 0.1) is 5.92 Å². The molecule has 330 valence electrons. The molecule has 13 heteroatoms. The third-order valence-corrected chi connectivity index (χ3v) is 12.5. The van der Waals surface area contributed by atoms with Gasteiger partial charge in [-0.25, -0.2) is 9.78 Å². The third-order valence-electron chi connectivity index (χ3n) is 11.5. The van der Waals surface area contributed by atoms with E-state index in [1.165, 1.54) is 24.3 Å². The van der Waals surface area contributed by atoms with Gasteiger partial charge in [-0.1, -0.05) is 133 Å². The Balaban J connectivity index is 1.28. The number of carbonyl (C=O) groups is 5. The van der Waals surface area contributed by atoms with Crippen LogP contribution in [0.3, 0.4) is 0 Å². The summed E-state index contributed by atoms with van der Waals surface area (Å²) in [5.74, 6) is -2.63. The highest BCUT2D eigenvalue weighted by Gasteiger charge is 2.37. The summed E-state index contributed by atoms with van der Waals surface area (Å²) in [5, 5.41) is 7.95. The van der Waals surface area contributed by atoms with Gasteiger partial charge >= 0.3 is 18.0 Å². The molecule has 1 heterocycles. The van der Waals surface area contributed by atoms with Crippen LogP contribution >= 0.6 is 11.3 Å². The minimum atomic E-state index is -0.889. The normalized spacial score (nSPS) is 14.8. The number of nitrogens with one attached hydrogen (secondary N) is 2. The van der Waals surface area contributed by atoms with Crippen LogP contribution in [-0.2, 0) is 35.0 Å². The lowest BCUT2D eigenvalue weighted by atomic mass is 9.93. The fourth-order valence-corrected chi connectivity index (χ4v) is 8.87. The van der Waals surface area contributed by atoms with Gasteiger partial charge in [-0.3, -0.25) is 19.2 Å². The number of fused-ring (bicyclic) bond motifs is 3. The highest BCUT2D eigenvalue weighted by atomic mass is 32.1. The second kappa shape index (κ2) is 22.3. The molecule has 2 N–H and O–H groups in total. The predicted molar refractivity (Wildman–Crippen MR) is 240 cm³/mol. The Bertz CT molecular complexity index is 2130. The summed E-state index contributed by atoms with van der Waals surface area (Å²) in [6, 6.07) is 24.1. The van der Waals surface area contributed by atoms with Gasteiger partial charge in [-0.15, -0.1) is 11.3 Å². The molecule has 3 amide bonds. The largest absolute Gasteiger partial charge is 0.461 e. The third kappa shape index (κ3) is 12.2. The fourth-order valence-electron chi connectivity index (χ4n) is 8.03. The molecule has 0 fully saturated rings. The number of esters is 2. The minimum absolute atomic E-state index is 0.0994. The van der Waals surface area contributed by atoms with Gasteiger partial charge in [0.2, 0.25) is 5.91 Å². The van der Waals surface area contributed by atoms with Crippen molar-refractivity contribution < 1.29 is 38.2 Å². The highest BCUT2D eigenvalue weighted by Crippen LogP contribution is 2.44. The van der Waals surface area contributed by atoms with Crippen LogP contribution in [0, 0.1) is 17.8 Å². The fraction of sp³-hybridized carbons (Fsp3) is 0.429. The molecule has 0 bridgehead atoms. The van der Waals surface area contributed by atoms with Crippen molar-refractivity contribution in [3.05, 3.63) is 124 Å². The number of nitrogens with zero attached hydrogens (tertiary/aromatic N) is 2. The number of amides is 3. The number of ether oxygens (including phenoxy) is 3. The Hall–Kier alpha value is -5.82. The van der Waals surface area contributed by atoms with E-state index in [2.05, 4.69) is 46.5 Å². The van der Waals surface area contributed by atoms with Crippen molar-refractivity contribution in [2.24, 2.45) is 17.8 Å². The number of hydrogen-bond donors (Lipinski definition) is 2. The number of benzene rings is 3. The molecule has 3 aromatic carbocycles. The number of rotatable bonds is 21. The maximum Gasteiger partial charge on any atom is 0.407 e. The lowest BCUT2D eigenvalue weighted by molar-refractivity contribution is -0.149. The van der Waals surface area contributed by atoms with Gasteiger partial charge in [-0.2, -0.15) is 0 Å². The molecule has 0 spiro atoms. The molecule has 4 aromatic rings. The van der Waals surface area contributed by atoms with Crippen molar-refractivity contribution in [3.8, 4) is 11.1 Å². The molecule has 5 rings (SSSR count). The number of alkyl carbamates (subject to hydrolysis) is 1. The smallest absolute Gasteiger partial charge is 0.407 e. The monoisotopic (exact) mass is 864 g/mol. The first-order valence-corrected chi connectivity index (χ1v) is 22.2. The molecule has 1 aliphatic rings. The van der Waals surface area contributed by atoms with E-state index < -0.39 is 48.1 Å². The zero-order chi connectivity index (χ0) is 44.9. The van der Waals surface area contributed by atoms with E-state index in [0.29, 0.717) is 24.3 Å². The quantitative estimate of drug-likeness (QED) is 0.0476. The zero-order valence-electron chi connectivity index (χ0n) is 36.8. The lowest BCUT2D eigenvalue weighted by Crippen LogP contribution is -2.54. The number of likely N-dealkylation sites (N-methyl/N-ethyl adjacent to an activating group) is 1. The number of carbonyl (C=O) groups excluding carboxylic acids is 5. The first-order chi connectivity index (χ1) is 29.7. The summed E-state index contributed by atoms with van der Waals surface area (Å²) >= 11 is 1.18. The Morgan fingerprint density at radius 3 is 2.10 bits per heavy atom. The first kappa shape index (κ1) is 47.2. The molecule has 0 saturated carbocycles. The average molecular weight is 865 g/mol. The van der Waals surface area contributed by atoms with Crippen molar-refractivity contribution in [2.45, 2.75) is 97.4 Å². The SMILES string of the molecule is C=CCOC(=O)[C@H](C)C[C@H](Cc1ccccc1)NC(=O)c1csc([C@@H](C[C@H](C(C)C)N(C)C(=O)[C@@H](NC(=O)OCC2c3ccccc3-c3ccccc32)C(C)CC)OC(C)=O)n1. The molecule has 62 heavy (non-hydrogen) atoms. The maximum atomic E-state index is 14.4. The standard InChI is InChI=1S/C49H60N4O8S/c1-9-24-59-48(57)32(6)25-35(26-34-18-12-11-13-19-34)50-45(55)41-29-62-46(51-41)43(61-33(7)54)27-42(30(3)4)53(8)47(56)44(31(5)10-2)52-49(58)60-28-40-38-22-16-14-20-36(38)37-21-15-17-23-39(37)40/h9,11-23,29-32,35,40,42-44H,1,10,24-28H2,2-8H3,(H,50,55)(H,52,58)/t31?,32-,35-,42-,43-,44+/m1/s1. The maximum absolute atomic E-state index is 14.4. The topological polar surface area (TPSA) is 153 Å². The molecule has 6 atom stereocenters. The summed E-state index contributed by atoms with van der Waals surface area (Å²) in [7, 11) is 1.69. The Morgan fingerprint density at radius 2 is 1.50 bits per heavy atom. The van der Waals surface area contributed by atoms with Crippen LogP contribution < -0.4 is 10.6 Å². The van der Waals surface area contributed by atoms with Crippen molar-refractivity contribution in [1.29, 1.82) is 0 Å². The van der Waals surface area contributed by atoms with E-state index in [1.54, 1.807) is 24.3 Å². The van der Waals surface area contributed by atoms with E-state index >= 15 is 0 Å². The minimum Gasteiger partial charge on any atom is -0.461 e. The summed E-state index contributed by atoms with van der Waals surface area (Å²) in [5.41, 5.74) is 5.54. The van der Waals surface area contributed by atoms with Gasteiger partial charge in [0.1, 0.15) is 30.0 Å². The van der Waals surface area contributed by atoms with Crippen LogP contribution in [0.4, 0.5) is 4.79 Å². The zero-order valence-corrected chi connectivity index (χ0v) is 37.6. The molecular formula is C49H60N4O8S. The Kier molecular flexibility index (Phi) is 17.0. The summed E-state index contributed by atoms with van der Waals surface area (Å²) < 4.78 is 16.9. The molecule has 1 aromatic heterocycles. The van der Waals surface area contributed by atoms with Crippen molar-refractivity contribution in [1.82, 2.24) is 20.5 Å². The molecular weight excluding hydrogens is 805 g/mol. The van der Waals surface area contributed by atoms with Crippen molar-refractivity contribution in [2.75, 3.05) is 20.3 Å². The van der Waals surface area contributed by atoms with Gasteiger partial charge < -0.3 is 29.7 Å².